The molecule has 0 spiro atoms. The van der Waals surface area contributed by atoms with E-state index < -0.39 is 6.04 Å². The minimum absolute atomic E-state index is 0.295. The predicted octanol–water partition coefficient (Wildman–Crippen LogP) is 5.03. The van der Waals surface area contributed by atoms with Crippen molar-refractivity contribution in [3.63, 3.8) is 0 Å². The molecule has 132 valence electrons. The standard InChI is InChI=1S/C21H25O2PS/c1-2-23-21(22)15-18-24(25,16-13-19-9-5-3-6-10-19)17-14-20-11-7-4-8-12-20/h3-12,15,18H,2,13-14,16-17H2,1H3/b18-15+. The van der Waals surface area contributed by atoms with E-state index in [-0.39, 0.29) is 5.97 Å². The van der Waals surface area contributed by atoms with Gasteiger partial charge in [0.25, 0.3) is 0 Å². The van der Waals surface area contributed by atoms with E-state index in [4.69, 9.17) is 16.5 Å². The van der Waals surface area contributed by atoms with Gasteiger partial charge in [0, 0.05) is 6.08 Å². The van der Waals surface area contributed by atoms with Crippen LogP contribution in [0.2, 0.25) is 0 Å². The Labute approximate surface area is 155 Å². The molecule has 0 atom stereocenters. The molecule has 0 heterocycles. The van der Waals surface area contributed by atoms with E-state index in [1.165, 1.54) is 11.1 Å². The van der Waals surface area contributed by atoms with Gasteiger partial charge in [-0.05, 0) is 55.1 Å². The van der Waals surface area contributed by atoms with E-state index in [0.29, 0.717) is 6.61 Å². The molecule has 0 aromatic heterocycles. The Morgan fingerprint density at radius 3 is 1.88 bits per heavy atom. The molecule has 2 rings (SSSR count). The number of rotatable bonds is 9. The summed E-state index contributed by atoms with van der Waals surface area (Å²) in [5.74, 6) is 1.67. The molecule has 0 aliphatic rings. The Bertz CT molecular complexity index is 679. The number of aryl methyl sites for hydroxylation is 2. The molecule has 0 saturated heterocycles. The van der Waals surface area contributed by atoms with E-state index in [2.05, 4.69) is 48.5 Å². The first-order valence-corrected chi connectivity index (χ1v) is 11.9. The minimum atomic E-state index is -1.78. The van der Waals surface area contributed by atoms with Gasteiger partial charge in [0.05, 0.1) is 6.61 Å². The van der Waals surface area contributed by atoms with Crippen molar-refractivity contribution >= 4 is 23.8 Å². The topological polar surface area (TPSA) is 26.3 Å². The van der Waals surface area contributed by atoms with E-state index >= 15 is 0 Å². The quantitative estimate of drug-likeness (QED) is 0.351. The van der Waals surface area contributed by atoms with Crippen LogP contribution in [0.25, 0.3) is 0 Å². The zero-order valence-electron chi connectivity index (χ0n) is 14.6. The van der Waals surface area contributed by atoms with Gasteiger partial charge in [0.2, 0.25) is 0 Å². The Balaban J connectivity index is 2.06. The molecule has 0 bridgehead atoms. The molecule has 0 aliphatic carbocycles. The molecule has 2 nitrogen and oxygen atoms in total. The second kappa shape index (κ2) is 10.3. The summed E-state index contributed by atoms with van der Waals surface area (Å²) in [5, 5.41) is 0. The summed E-state index contributed by atoms with van der Waals surface area (Å²) < 4.78 is 5.01. The lowest BCUT2D eigenvalue weighted by atomic mass is 10.2. The second-order valence-electron chi connectivity index (χ2n) is 5.94. The first-order valence-electron chi connectivity index (χ1n) is 8.63. The fraction of sp³-hybridized carbons (Fsp3) is 0.286. The summed E-state index contributed by atoms with van der Waals surface area (Å²) in [6.07, 6.45) is 5.28. The van der Waals surface area contributed by atoms with Crippen LogP contribution in [0.4, 0.5) is 0 Å². The summed E-state index contributed by atoms with van der Waals surface area (Å²) in [6.45, 7) is 2.20. The van der Waals surface area contributed by atoms with Gasteiger partial charge in [-0.25, -0.2) is 4.79 Å². The monoisotopic (exact) mass is 372 g/mol. The minimum Gasteiger partial charge on any atom is -0.463 e. The molecular formula is C21H25O2PS. The highest BCUT2D eigenvalue weighted by atomic mass is 32.4. The lowest BCUT2D eigenvalue weighted by Crippen LogP contribution is -2.02. The maximum Gasteiger partial charge on any atom is 0.330 e. The van der Waals surface area contributed by atoms with Crippen molar-refractivity contribution in [3.8, 4) is 0 Å². The maximum absolute atomic E-state index is 11.7. The summed E-state index contributed by atoms with van der Waals surface area (Å²) in [6, 6.07) is 19.0. The molecule has 2 aromatic rings. The molecule has 25 heavy (non-hydrogen) atoms. The maximum atomic E-state index is 11.7. The highest BCUT2D eigenvalue weighted by molar-refractivity contribution is 8.16. The van der Waals surface area contributed by atoms with Crippen molar-refractivity contribution < 1.29 is 9.53 Å². The molecule has 0 amide bonds. The van der Waals surface area contributed by atoms with Crippen LogP contribution >= 0.6 is 6.04 Å². The Kier molecular flexibility index (Phi) is 8.11. The van der Waals surface area contributed by atoms with Crippen LogP contribution in [-0.4, -0.2) is 24.9 Å². The average molecular weight is 372 g/mol. The van der Waals surface area contributed by atoms with Gasteiger partial charge in [-0.2, -0.15) is 0 Å². The number of ether oxygens (including phenoxy) is 1. The second-order valence-corrected chi connectivity index (χ2v) is 11.2. The third-order valence-electron chi connectivity index (χ3n) is 4.01. The zero-order valence-corrected chi connectivity index (χ0v) is 16.3. The van der Waals surface area contributed by atoms with E-state index in [0.717, 1.165) is 25.2 Å². The highest BCUT2D eigenvalue weighted by Crippen LogP contribution is 2.48. The van der Waals surface area contributed by atoms with Gasteiger partial charge in [-0.15, -0.1) is 0 Å². The van der Waals surface area contributed by atoms with Crippen molar-refractivity contribution in [1.29, 1.82) is 0 Å². The molecule has 0 fully saturated rings. The third kappa shape index (κ3) is 7.37. The lowest BCUT2D eigenvalue weighted by molar-refractivity contribution is -0.137. The van der Waals surface area contributed by atoms with E-state index in [1.54, 1.807) is 6.08 Å². The smallest absolute Gasteiger partial charge is 0.330 e. The number of carbonyl (C=O) groups excluding carboxylic acids is 1. The zero-order chi connectivity index (χ0) is 18.0. The largest absolute Gasteiger partial charge is 0.463 e. The van der Waals surface area contributed by atoms with Gasteiger partial charge in [0.1, 0.15) is 0 Å². The summed E-state index contributed by atoms with van der Waals surface area (Å²) in [7, 11) is 0. The fourth-order valence-corrected chi connectivity index (χ4v) is 5.49. The average Bonchev–Trinajstić information content (AvgIpc) is 2.65. The normalized spacial score (nSPS) is 11.6. The van der Waals surface area contributed by atoms with Gasteiger partial charge in [-0.3, -0.25) is 0 Å². The van der Waals surface area contributed by atoms with E-state index in [9.17, 15) is 4.79 Å². The summed E-state index contributed by atoms with van der Waals surface area (Å²) in [4.78, 5) is 11.7. The molecule has 4 heteroatoms. The molecular weight excluding hydrogens is 347 g/mol. The van der Waals surface area contributed by atoms with Crippen LogP contribution in [0, 0.1) is 0 Å². The number of carbonyl (C=O) groups is 1. The number of hydrogen-bond donors (Lipinski definition) is 0. The van der Waals surface area contributed by atoms with Crippen molar-refractivity contribution in [1.82, 2.24) is 0 Å². The lowest BCUT2D eigenvalue weighted by Gasteiger charge is -2.18. The SMILES string of the molecule is CCOC(=O)/C=C/P(=S)(CCc1ccccc1)CCc1ccccc1. The summed E-state index contributed by atoms with van der Waals surface area (Å²) in [5.41, 5.74) is 2.59. The third-order valence-corrected chi connectivity index (χ3v) is 8.13. The fourth-order valence-electron chi connectivity index (χ4n) is 2.57. The molecule has 0 radical (unpaired) electrons. The Morgan fingerprint density at radius 2 is 1.44 bits per heavy atom. The van der Waals surface area contributed by atoms with Crippen molar-refractivity contribution in [2.45, 2.75) is 19.8 Å². The van der Waals surface area contributed by atoms with Crippen LogP contribution < -0.4 is 0 Å². The number of hydrogen-bond acceptors (Lipinski definition) is 3. The van der Waals surface area contributed by atoms with Crippen LogP contribution in [0.15, 0.2) is 72.6 Å². The molecule has 2 aromatic carbocycles. The molecule has 0 N–H and O–H groups in total. The molecule has 0 unspecified atom stereocenters. The highest BCUT2D eigenvalue weighted by Gasteiger charge is 2.15. The van der Waals surface area contributed by atoms with Gasteiger partial charge < -0.3 is 4.74 Å². The Hall–Kier alpha value is -1.70. The van der Waals surface area contributed by atoms with Gasteiger partial charge >= 0.3 is 5.97 Å². The van der Waals surface area contributed by atoms with E-state index in [1.807, 2.05) is 24.9 Å². The van der Waals surface area contributed by atoms with Crippen molar-refractivity contribution in [3.05, 3.63) is 83.7 Å². The van der Waals surface area contributed by atoms with Gasteiger partial charge in [0.15, 0.2) is 0 Å². The molecule has 0 aliphatic heterocycles. The first-order chi connectivity index (χ1) is 12.1. The van der Waals surface area contributed by atoms with Gasteiger partial charge in [-0.1, -0.05) is 72.5 Å². The van der Waals surface area contributed by atoms with Crippen LogP contribution in [-0.2, 0) is 34.2 Å². The van der Waals surface area contributed by atoms with Crippen molar-refractivity contribution in [2.24, 2.45) is 0 Å². The summed E-state index contributed by atoms with van der Waals surface area (Å²) >= 11 is 6.02. The number of esters is 1. The first kappa shape index (κ1) is 19.6. The number of benzene rings is 2. The van der Waals surface area contributed by atoms with Crippen LogP contribution in [0.3, 0.4) is 0 Å². The van der Waals surface area contributed by atoms with Crippen molar-refractivity contribution in [2.75, 3.05) is 18.9 Å². The van der Waals surface area contributed by atoms with Crippen LogP contribution in [0.1, 0.15) is 18.1 Å². The van der Waals surface area contributed by atoms with Crippen LogP contribution in [0.5, 0.6) is 0 Å². The molecule has 0 saturated carbocycles. The Morgan fingerprint density at radius 1 is 0.960 bits per heavy atom. The predicted molar refractivity (Wildman–Crippen MR) is 110 cm³/mol.